The average Bonchev–Trinajstić information content (AvgIpc) is 3.21. The van der Waals surface area contributed by atoms with E-state index in [1.165, 1.54) is 10.5 Å². The Morgan fingerprint density at radius 1 is 0.897 bits per heavy atom. The smallest absolute Gasteiger partial charge is 0.166 e. The molecule has 0 saturated heterocycles. The zero-order valence-electron chi connectivity index (χ0n) is 15.6. The molecule has 0 saturated carbocycles. The Morgan fingerprint density at radius 2 is 1.79 bits per heavy atom. The van der Waals surface area contributed by atoms with Crippen LogP contribution in [0.4, 0.5) is 5.69 Å². The zero-order chi connectivity index (χ0) is 19.5. The molecule has 1 aliphatic heterocycles. The van der Waals surface area contributed by atoms with Gasteiger partial charge in [0.25, 0.3) is 0 Å². The molecule has 4 aromatic rings. The predicted molar refractivity (Wildman–Crippen MR) is 123 cm³/mol. The fourth-order valence-corrected chi connectivity index (χ4v) is 4.20. The Morgan fingerprint density at radius 3 is 2.72 bits per heavy atom. The number of rotatable bonds is 3. The van der Waals surface area contributed by atoms with Gasteiger partial charge in [-0.3, -0.25) is 15.0 Å². The summed E-state index contributed by atoms with van der Waals surface area (Å²) in [5.74, 6) is 0. The van der Waals surface area contributed by atoms with E-state index in [1.54, 1.807) is 11.8 Å². The predicted octanol–water partition coefficient (Wildman–Crippen LogP) is 5.85. The minimum atomic E-state index is 0.690. The molecule has 4 nitrogen and oxygen atoms in total. The van der Waals surface area contributed by atoms with Gasteiger partial charge in [0.1, 0.15) is 0 Å². The molecule has 0 radical (unpaired) electrons. The highest BCUT2D eigenvalue weighted by Gasteiger charge is 2.15. The summed E-state index contributed by atoms with van der Waals surface area (Å²) in [4.78, 5) is 14.4. The van der Waals surface area contributed by atoms with Crippen LogP contribution >= 0.6 is 11.8 Å². The van der Waals surface area contributed by atoms with E-state index in [4.69, 9.17) is 0 Å². The molecule has 140 valence electrons. The Bertz CT molecular complexity index is 1230. The molecule has 0 spiro atoms. The molecule has 0 unspecified atom stereocenters. The number of fused-ring (bicyclic) bond motifs is 1. The van der Waals surface area contributed by atoms with Gasteiger partial charge >= 0.3 is 0 Å². The highest BCUT2D eigenvalue weighted by molar-refractivity contribution is 8.17. The van der Waals surface area contributed by atoms with E-state index in [1.807, 2.05) is 48.9 Å². The minimum absolute atomic E-state index is 0.690. The van der Waals surface area contributed by atoms with E-state index in [-0.39, 0.29) is 0 Å². The number of benzene rings is 2. The van der Waals surface area contributed by atoms with Crippen LogP contribution in [0.5, 0.6) is 0 Å². The van der Waals surface area contributed by atoms with E-state index in [2.05, 4.69) is 62.8 Å². The molecule has 5 rings (SSSR count). The number of thioether (sulfide) groups is 1. The van der Waals surface area contributed by atoms with E-state index in [0.29, 0.717) is 6.54 Å². The number of aliphatic imine (C=N–C) groups is 1. The lowest BCUT2D eigenvalue weighted by Crippen LogP contribution is -2.05. The van der Waals surface area contributed by atoms with Gasteiger partial charge in [0.05, 0.1) is 12.1 Å². The average molecular weight is 395 g/mol. The molecule has 0 amide bonds. The number of nitrogens with one attached hydrogen (secondary N) is 1. The first kappa shape index (κ1) is 17.6. The lowest BCUT2D eigenvalue weighted by molar-refractivity contribution is 1.26. The third kappa shape index (κ3) is 3.91. The summed E-state index contributed by atoms with van der Waals surface area (Å²) >= 11 is 1.68. The maximum atomic E-state index is 4.68. The molecule has 0 fully saturated rings. The number of pyridine rings is 2. The lowest BCUT2D eigenvalue weighted by atomic mass is 10.1. The topological polar surface area (TPSA) is 50.2 Å². The van der Waals surface area contributed by atoms with Gasteiger partial charge in [0, 0.05) is 40.1 Å². The van der Waals surface area contributed by atoms with Crippen LogP contribution in [0, 0.1) is 0 Å². The fraction of sp³-hybridized carbons (Fsp3) is 0.0417. The standard InChI is InChI=1S/C24H18N4S/c1-2-6-23(21(5-1)18-9-12-25-13-10-18)28-24-27-16-20(29-24)15-17-7-8-22-19(14-17)4-3-11-26-22/h1-15H,16H2,(H,27,28). The van der Waals surface area contributed by atoms with Crippen molar-refractivity contribution < 1.29 is 0 Å². The van der Waals surface area contributed by atoms with E-state index >= 15 is 0 Å². The summed E-state index contributed by atoms with van der Waals surface area (Å²) in [6, 6.07) is 22.7. The van der Waals surface area contributed by atoms with Crippen molar-refractivity contribution in [1.29, 1.82) is 0 Å². The highest BCUT2D eigenvalue weighted by atomic mass is 32.2. The SMILES string of the molecule is C(=C1CN=C(Nc2ccccc2-c2ccncc2)S1)c1ccc2ncccc2c1. The number of amidine groups is 1. The first-order valence-electron chi connectivity index (χ1n) is 9.39. The molecule has 2 aromatic heterocycles. The van der Waals surface area contributed by atoms with Crippen LogP contribution in [-0.4, -0.2) is 21.7 Å². The van der Waals surface area contributed by atoms with E-state index in [9.17, 15) is 0 Å². The van der Waals surface area contributed by atoms with Crippen molar-refractivity contribution in [3.05, 3.63) is 95.8 Å². The molecule has 0 atom stereocenters. The van der Waals surface area contributed by atoms with Gasteiger partial charge in [-0.1, -0.05) is 42.1 Å². The number of hydrogen-bond donors (Lipinski definition) is 1. The Kier molecular flexibility index (Phi) is 4.80. The fourth-order valence-electron chi connectivity index (χ4n) is 3.34. The van der Waals surface area contributed by atoms with Crippen molar-refractivity contribution in [2.45, 2.75) is 0 Å². The Labute approximate surface area is 173 Å². The van der Waals surface area contributed by atoms with Gasteiger partial charge in [-0.2, -0.15) is 0 Å². The number of aromatic nitrogens is 2. The second kappa shape index (κ2) is 7.89. The normalized spacial score (nSPS) is 14.9. The summed E-state index contributed by atoms with van der Waals surface area (Å²) in [5.41, 5.74) is 5.49. The second-order valence-electron chi connectivity index (χ2n) is 6.70. The van der Waals surface area contributed by atoms with Gasteiger partial charge in [-0.15, -0.1) is 0 Å². The molecule has 0 bridgehead atoms. The third-order valence-corrected chi connectivity index (χ3v) is 5.65. The summed E-state index contributed by atoms with van der Waals surface area (Å²) in [6.45, 7) is 0.690. The molecule has 29 heavy (non-hydrogen) atoms. The first-order valence-corrected chi connectivity index (χ1v) is 10.2. The molecule has 5 heteroatoms. The molecule has 0 aliphatic carbocycles. The monoisotopic (exact) mass is 394 g/mol. The minimum Gasteiger partial charge on any atom is -0.334 e. The number of para-hydroxylation sites is 1. The lowest BCUT2D eigenvalue weighted by Gasteiger charge is -2.11. The van der Waals surface area contributed by atoms with Crippen molar-refractivity contribution in [3.8, 4) is 11.1 Å². The zero-order valence-corrected chi connectivity index (χ0v) is 16.4. The van der Waals surface area contributed by atoms with Crippen LogP contribution in [0.1, 0.15) is 5.56 Å². The van der Waals surface area contributed by atoms with Gasteiger partial charge in [-0.25, -0.2) is 0 Å². The van der Waals surface area contributed by atoms with Crippen molar-refractivity contribution in [2.24, 2.45) is 4.99 Å². The van der Waals surface area contributed by atoms with Crippen LogP contribution in [-0.2, 0) is 0 Å². The first-order chi connectivity index (χ1) is 14.3. The van der Waals surface area contributed by atoms with Gasteiger partial charge in [0.15, 0.2) is 5.17 Å². The Hall–Kier alpha value is -3.44. The molecular weight excluding hydrogens is 376 g/mol. The van der Waals surface area contributed by atoms with Crippen LogP contribution < -0.4 is 5.32 Å². The summed E-state index contributed by atoms with van der Waals surface area (Å²) < 4.78 is 0. The van der Waals surface area contributed by atoms with E-state index in [0.717, 1.165) is 32.9 Å². The third-order valence-electron chi connectivity index (χ3n) is 4.72. The van der Waals surface area contributed by atoms with Gasteiger partial charge < -0.3 is 5.32 Å². The van der Waals surface area contributed by atoms with Crippen molar-refractivity contribution in [3.63, 3.8) is 0 Å². The van der Waals surface area contributed by atoms with Crippen LogP contribution in [0.3, 0.4) is 0 Å². The second-order valence-corrected chi connectivity index (χ2v) is 7.81. The van der Waals surface area contributed by atoms with Gasteiger partial charge in [0.2, 0.25) is 0 Å². The molecule has 3 heterocycles. The van der Waals surface area contributed by atoms with Crippen LogP contribution in [0.15, 0.2) is 95.2 Å². The van der Waals surface area contributed by atoms with Crippen molar-refractivity contribution >= 4 is 39.6 Å². The summed E-state index contributed by atoms with van der Waals surface area (Å²) in [5, 5.41) is 5.56. The van der Waals surface area contributed by atoms with Crippen LogP contribution in [0.2, 0.25) is 0 Å². The summed E-state index contributed by atoms with van der Waals surface area (Å²) in [6.07, 6.45) is 7.65. The molecule has 2 aromatic carbocycles. The highest BCUT2D eigenvalue weighted by Crippen LogP contribution is 2.32. The molecule has 1 N–H and O–H groups in total. The summed E-state index contributed by atoms with van der Waals surface area (Å²) in [7, 11) is 0. The molecular formula is C24H18N4S. The Balaban J connectivity index is 1.34. The van der Waals surface area contributed by atoms with Gasteiger partial charge in [-0.05, 0) is 53.6 Å². The number of hydrogen-bond acceptors (Lipinski definition) is 5. The number of anilines is 1. The molecule has 1 aliphatic rings. The van der Waals surface area contributed by atoms with Crippen LogP contribution in [0.25, 0.3) is 28.1 Å². The van der Waals surface area contributed by atoms with Crippen molar-refractivity contribution in [1.82, 2.24) is 9.97 Å². The largest absolute Gasteiger partial charge is 0.334 e. The maximum absolute atomic E-state index is 4.68. The number of nitrogens with zero attached hydrogens (tertiary/aromatic N) is 3. The quantitative estimate of drug-likeness (QED) is 0.473. The van der Waals surface area contributed by atoms with Crippen molar-refractivity contribution in [2.75, 3.05) is 11.9 Å². The van der Waals surface area contributed by atoms with E-state index < -0.39 is 0 Å². The maximum Gasteiger partial charge on any atom is 0.166 e.